The Hall–Kier alpha value is -2.15. The van der Waals surface area contributed by atoms with Crippen LogP contribution in [0.5, 0.6) is 0 Å². The maximum absolute atomic E-state index is 12.4. The number of ether oxygens (including phenoxy) is 1. The highest BCUT2D eigenvalue weighted by Gasteiger charge is 2.30. The van der Waals surface area contributed by atoms with Gasteiger partial charge in [-0.05, 0) is 43.4 Å². The average molecular weight is 375 g/mol. The normalized spacial score (nSPS) is 24.2. The summed E-state index contributed by atoms with van der Waals surface area (Å²) in [4.78, 5) is 29.0. The lowest BCUT2D eigenvalue weighted by Gasteiger charge is -2.35. The van der Waals surface area contributed by atoms with E-state index in [2.05, 4.69) is 24.1 Å². The van der Waals surface area contributed by atoms with Crippen LogP contribution in [0.4, 0.5) is 5.13 Å². The molecule has 1 amide bonds. The highest BCUT2D eigenvalue weighted by molar-refractivity contribution is 7.22. The molecule has 1 heterocycles. The highest BCUT2D eigenvalue weighted by atomic mass is 32.1. The van der Waals surface area contributed by atoms with Crippen molar-refractivity contribution in [3.05, 3.63) is 23.8 Å². The minimum atomic E-state index is -0.839. The number of benzene rings is 1. The molecule has 3 N–H and O–H groups in total. The number of thiazole rings is 1. The van der Waals surface area contributed by atoms with Gasteiger partial charge in [-0.25, -0.2) is 9.78 Å². The van der Waals surface area contributed by atoms with Crippen LogP contribution in [0.15, 0.2) is 18.2 Å². The van der Waals surface area contributed by atoms with Crippen LogP contribution in [0.2, 0.25) is 0 Å². The van der Waals surface area contributed by atoms with E-state index in [0.717, 1.165) is 23.1 Å². The summed E-state index contributed by atoms with van der Waals surface area (Å²) in [6.07, 6.45) is 2.45. The number of nitrogens with two attached hydrogens (primary N) is 1. The Labute approximate surface area is 157 Å². The Morgan fingerprint density at radius 1 is 1.35 bits per heavy atom. The summed E-state index contributed by atoms with van der Waals surface area (Å²) in [7, 11) is 0. The molecule has 1 aliphatic rings. The van der Waals surface area contributed by atoms with Crippen molar-refractivity contribution in [3.63, 3.8) is 0 Å². The van der Waals surface area contributed by atoms with E-state index in [1.54, 1.807) is 25.1 Å². The minimum Gasteiger partial charge on any atom is -0.449 e. The lowest BCUT2D eigenvalue weighted by Crippen LogP contribution is -2.47. The third-order valence-electron chi connectivity index (χ3n) is 5.33. The molecule has 3 rings (SSSR count). The number of carbonyl (C=O) groups is 2. The van der Waals surface area contributed by atoms with Crippen molar-refractivity contribution in [1.82, 2.24) is 10.3 Å². The third-order valence-corrected chi connectivity index (χ3v) is 6.18. The molecule has 6 nitrogen and oxygen atoms in total. The number of esters is 1. The summed E-state index contributed by atoms with van der Waals surface area (Å²) in [5.74, 6) is 0.249. The largest absolute Gasteiger partial charge is 0.449 e. The van der Waals surface area contributed by atoms with Gasteiger partial charge in [0.05, 0.1) is 15.8 Å². The molecule has 2 aromatic rings. The Balaban J connectivity index is 1.61. The summed E-state index contributed by atoms with van der Waals surface area (Å²) in [6.45, 7) is 5.99. The van der Waals surface area contributed by atoms with Gasteiger partial charge in [-0.2, -0.15) is 0 Å². The van der Waals surface area contributed by atoms with Gasteiger partial charge in [-0.3, -0.25) is 4.79 Å². The van der Waals surface area contributed by atoms with Crippen LogP contribution >= 0.6 is 11.3 Å². The number of aromatic nitrogens is 1. The van der Waals surface area contributed by atoms with Gasteiger partial charge in [0.15, 0.2) is 11.2 Å². The second kappa shape index (κ2) is 7.61. The van der Waals surface area contributed by atoms with Gasteiger partial charge < -0.3 is 15.8 Å². The van der Waals surface area contributed by atoms with Crippen molar-refractivity contribution in [2.45, 2.75) is 52.2 Å². The second-order valence-corrected chi connectivity index (χ2v) is 8.23. The smallest absolute Gasteiger partial charge is 0.338 e. The van der Waals surface area contributed by atoms with Crippen molar-refractivity contribution in [2.24, 2.45) is 11.8 Å². The van der Waals surface area contributed by atoms with Crippen molar-refractivity contribution < 1.29 is 14.3 Å². The number of nitrogen functional groups attached to an aromatic ring is 1. The van der Waals surface area contributed by atoms with E-state index in [0.29, 0.717) is 22.5 Å². The van der Waals surface area contributed by atoms with Crippen LogP contribution in [0.3, 0.4) is 0 Å². The third kappa shape index (κ3) is 3.98. The topological polar surface area (TPSA) is 94.3 Å². The maximum atomic E-state index is 12.4. The fraction of sp³-hybridized carbons (Fsp3) is 0.526. The minimum absolute atomic E-state index is 0.143. The van der Waals surface area contributed by atoms with Gasteiger partial charge in [0.2, 0.25) is 0 Å². The first kappa shape index (κ1) is 18.6. The fourth-order valence-corrected chi connectivity index (χ4v) is 4.21. The van der Waals surface area contributed by atoms with Crippen LogP contribution in [-0.2, 0) is 9.53 Å². The molecule has 4 unspecified atom stereocenters. The van der Waals surface area contributed by atoms with Crippen molar-refractivity contribution >= 4 is 38.6 Å². The summed E-state index contributed by atoms with van der Waals surface area (Å²) in [5, 5.41) is 3.50. The molecule has 1 aliphatic carbocycles. The molecule has 4 atom stereocenters. The number of hydrogen-bond acceptors (Lipinski definition) is 6. The van der Waals surface area contributed by atoms with Gasteiger partial charge in [0.1, 0.15) is 0 Å². The molecule has 0 saturated heterocycles. The molecule has 0 aliphatic heterocycles. The summed E-state index contributed by atoms with van der Waals surface area (Å²) in [5.41, 5.74) is 6.82. The molecule has 1 aromatic heterocycles. The van der Waals surface area contributed by atoms with E-state index in [-0.39, 0.29) is 11.9 Å². The first-order valence-electron chi connectivity index (χ1n) is 9.02. The van der Waals surface area contributed by atoms with E-state index in [4.69, 9.17) is 10.5 Å². The standard InChI is InChI=1S/C19H25N3O3S/c1-10-5-4-6-14(11(10)2)21-17(23)12(3)25-18(24)13-7-8-15-16(9-13)26-19(20)22-15/h7-12,14H,4-6H2,1-3H3,(H2,20,22)(H,21,23). The van der Waals surface area contributed by atoms with Crippen LogP contribution in [0, 0.1) is 11.8 Å². The lowest BCUT2D eigenvalue weighted by molar-refractivity contribution is -0.130. The van der Waals surface area contributed by atoms with Gasteiger partial charge in [-0.15, -0.1) is 0 Å². The zero-order chi connectivity index (χ0) is 18.8. The van der Waals surface area contributed by atoms with E-state index >= 15 is 0 Å². The molecule has 1 fully saturated rings. The number of nitrogens with one attached hydrogen (secondary N) is 1. The Morgan fingerprint density at radius 2 is 2.12 bits per heavy atom. The molecule has 1 saturated carbocycles. The Kier molecular flexibility index (Phi) is 5.46. The predicted octanol–water partition coefficient (Wildman–Crippen LogP) is 3.36. The molecule has 0 bridgehead atoms. The van der Waals surface area contributed by atoms with Crippen LogP contribution < -0.4 is 11.1 Å². The quantitative estimate of drug-likeness (QED) is 0.799. The molecule has 140 valence electrons. The van der Waals surface area contributed by atoms with Gasteiger partial charge in [0.25, 0.3) is 5.91 Å². The molecule has 1 aromatic carbocycles. The zero-order valence-corrected chi connectivity index (χ0v) is 16.1. The van der Waals surface area contributed by atoms with E-state index in [1.165, 1.54) is 17.8 Å². The van der Waals surface area contributed by atoms with Crippen LogP contribution in [-0.4, -0.2) is 29.0 Å². The molecule has 7 heteroatoms. The SMILES string of the molecule is CC(OC(=O)c1ccc2nc(N)sc2c1)C(=O)NC1CCCC(C)C1C. The summed E-state index contributed by atoms with van der Waals surface area (Å²) < 4.78 is 6.18. The van der Waals surface area contributed by atoms with Crippen molar-refractivity contribution in [1.29, 1.82) is 0 Å². The van der Waals surface area contributed by atoms with Crippen LogP contribution in [0.1, 0.15) is 50.4 Å². The number of carbonyl (C=O) groups excluding carboxylic acids is 2. The average Bonchev–Trinajstić information content (AvgIpc) is 2.97. The van der Waals surface area contributed by atoms with Gasteiger partial charge in [0, 0.05) is 6.04 Å². The number of nitrogens with zero attached hydrogens (tertiary/aromatic N) is 1. The predicted molar refractivity (Wildman–Crippen MR) is 103 cm³/mol. The Bertz CT molecular complexity index is 819. The number of rotatable bonds is 4. The van der Waals surface area contributed by atoms with E-state index in [1.807, 2.05) is 0 Å². The summed E-state index contributed by atoms with van der Waals surface area (Å²) in [6, 6.07) is 5.21. The molecular formula is C19H25N3O3S. The second-order valence-electron chi connectivity index (χ2n) is 7.16. The highest BCUT2D eigenvalue weighted by Crippen LogP contribution is 2.29. The fourth-order valence-electron chi connectivity index (χ4n) is 3.44. The molecule has 26 heavy (non-hydrogen) atoms. The first-order valence-corrected chi connectivity index (χ1v) is 9.84. The van der Waals surface area contributed by atoms with E-state index in [9.17, 15) is 9.59 Å². The van der Waals surface area contributed by atoms with E-state index < -0.39 is 12.1 Å². The lowest BCUT2D eigenvalue weighted by atomic mass is 9.78. The monoisotopic (exact) mass is 375 g/mol. The zero-order valence-electron chi connectivity index (χ0n) is 15.3. The molecule has 0 radical (unpaired) electrons. The number of hydrogen-bond donors (Lipinski definition) is 2. The van der Waals surface area contributed by atoms with Crippen molar-refractivity contribution in [3.8, 4) is 0 Å². The van der Waals surface area contributed by atoms with Gasteiger partial charge >= 0.3 is 5.97 Å². The van der Waals surface area contributed by atoms with Crippen LogP contribution in [0.25, 0.3) is 10.2 Å². The van der Waals surface area contributed by atoms with Gasteiger partial charge in [-0.1, -0.05) is 38.0 Å². The Morgan fingerprint density at radius 3 is 2.88 bits per heavy atom. The maximum Gasteiger partial charge on any atom is 0.338 e. The van der Waals surface area contributed by atoms with Crippen molar-refractivity contribution in [2.75, 3.05) is 5.73 Å². The number of fused-ring (bicyclic) bond motifs is 1. The first-order chi connectivity index (χ1) is 12.3. The summed E-state index contributed by atoms with van der Waals surface area (Å²) >= 11 is 1.31. The number of anilines is 1. The number of amides is 1. The molecule has 0 spiro atoms. The molecular weight excluding hydrogens is 350 g/mol.